The summed E-state index contributed by atoms with van der Waals surface area (Å²) in [6, 6.07) is 0.170. The van der Waals surface area contributed by atoms with Gasteiger partial charge in [0, 0.05) is 12.6 Å². The lowest BCUT2D eigenvalue weighted by Gasteiger charge is -2.32. The van der Waals surface area contributed by atoms with Crippen molar-refractivity contribution in [3.63, 3.8) is 0 Å². The number of hydrogen-bond acceptors (Lipinski definition) is 7. The van der Waals surface area contributed by atoms with Crippen LogP contribution in [0.5, 0.6) is 0 Å². The minimum Gasteiger partial charge on any atom is -0.465 e. The number of nitrogens with one attached hydrogen (secondary N) is 3. The third kappa shape index (κ3) is 5.58. The Hall–Kier alpha value is -2.75. The van der Waals surface area contributed by atoms with Gasteiger partial charge in [-0.25, -0.2) is 19.7 Å². The summed E-state index contributed by atoms with van der Waals surface area (Å²) in [4.78, 5) is 25.2. The molecule has 1 unspecified atom stereocenters. The van der Waals surface area contributed by atoms with Gasteiger partial charge >= 0.3 is 6.09 Å². The fourth-order valence-electron chi connectivity index (χ4n) is 6.37. The molecule has 5 N–H and O–H groups in total. The van der Waals surface area contributed by atoms with Crippen LogP contribution < -0.4 is 10.6 Å². The molecule has 3 aliphatic carbocycles. The number of nitrogens with zero attached hydrogens (tertiary/aromatic N) is 4. The minimum absolute atomic E-state index is 0.0174. The summed E-state index contributed by atoms with van der Waals surface area (Å²) >= 11 is 0. The van der Waals surface area contributed by atoms with E-state index in [4.69, 9.17) is 15.5 Å². The Balaban J connectivity index is 1.59. The molecule has 3 saturated carbocycles. The molecule has 10 nitrogen and oxygen atoms in total. The van der Waals surface area contributed by atoms with E-state index in [0.29, 0.717) is 29.1 Å². The topological polar surface area (TPSA) is 149 Å². The number of fused-ring (bicyclic) bond motifs is 1. The van der Waals surface area contributed by atoms with Crippen LogP contribution in [0.3, 0.4) is 0 Å². The van der Waals surface area contributed by atoms with Gasteiger partial charge in [-0.1, -0.05) is 39.0 Å². The number of amidine groups is 1. The van der Waals surface area contributed by atoms with E-state index in [-0.39, 0.29) is 23.6 Å². The smallest absolute Gasteiger partial charge is 0.410 e. The van der Waals surface area contributed by atoms with Gasteiger partial charge in [-0.15, -0.1) is 0 Å². The number of amides is 1. The standard InChI is InChI=1S/C27H41N7O3/c1-15-10-12-17(13-11-15)14-34-20-23(29-16(2)18-8-5-9-18)31-25(22(28)30-27(36)37)32-24(20)33-26(34)21(35)19-6-3-4-7-19/h15-19,21,35H,3-14H2,1-2H3,(H2,28,30)(H,36,37)(H,29,31,32)/t15-,16-,17-,21?/m1/s1. The van der Waals surface area contributed by atoms with Crippen molar-refractivity contribution in [2.24, 2.45) is 23.7 Å². The normalized spacial score (nSPS) is 24.5. The predicted octanol–water partition coefficient (Wildman–Crippen LogP) is 5.07. The second-order valence-corrected chi connectivity index (χ2v) is 11.7. The highest BCUT2D eigenvalue weighted by Crippen LogP contribution is 2.39. The number of imidazole rings is 1. The van der Waals surface area contributed by atoms with E-state index in [1.807, 2.05) is 0 Å². The quantitative estimate of drug-likeness (QED) is 0.245. The van der Waals surface area contributed by atoms with Crippen LogP contribution >= 0.6 is 0 Å². The van der Waals surface area contributed by atoms with E-state index in [1.165, 1.54) is 19.3 Å². The van der Waals surface area contributed by atoms with Crippen LogP contribution in [-0.2, 0) is 6.54 Å². The van der Waals surface area contributed by atoms with E-state index in [0.717, 1.165) is 69.3 Å². The van der Waals surface area contributed by atoms with Gasteiger partial charge < -0.3 is 20.1 Å². The molecule has 3 aliphatic rings. The molecule has 37 heavy (non-hydrogen) atoms. The van der Waals surface area contributed by atoms with Gasteiger partial charge in [0.2, 0.25) is 0 Å². The minimum atomic E-state index is -1.33. The number of hydrogen-bond donors (Lipinski definition) is 5. The van der Waals surface area contributed by atoms with Crippen LogP contribution in [0.2, 0.25) is 0 Å². The average molecular weight is 512 g/mol. The van der Waals surface area contributed by atoms with Crippen molar-refractivity contribution in [3.05, 3.63) is 11.6 Å². The second-order valence-electron chi connectivity index (χ2n) is 11.7. The number of rotatable bonds is 8. The van der Waals surface area contributed by atoms with Gasteiger partial charge in [0.05, 0.1) is 0 Å². The maximum atomic E-state index is 11.5. The molecule has 0 bridgehead atoms. The fourth-order valence-corrected chi connectivity index (χ4v) is 6.37. The lowest BCUT2D eigenvalue weighted by molar-refractivity contribution is 0.0975. The predicted molar refractivity (Wildman–Crippen MR) is 142 cm³/mol. The van der Waals surface area contributed by atoms with Crippen LogP contribution in [0.4, 0.5) is 10.6 Å². The first-order chi connectivity index (χ1) is 17.8. The Labute approximate surface area is 218 Å². The summed E-state index contributed by atoms with van der Waals surface area (Å²) in [5.74, 6) is 2.75. The number of carboxylic acid groups (broad SMARTS) is 1. The van der Waals surface area contributed by atoms with Gasteiger partial charge in [-0.2, -0.15) is 0 Å². The molecule has 10 heteroatoms. The maximum absolute atomic E-state index is 11.5. The molecule has 2 aromatic rings. The second kappa shape index (κ2) is 10.9. The highest BCUT2D eigenvalue weighted by molar-refractivity contribution is 6.03. The molecule has 0 spiro atoms. The maximum Gasteiger partial charge on any atom is 0.410 e. The molecule has 202 valence electrons. The fraction of sp³-hybridized carbons (Fsp3) is 0.741. The Kier molecular flexibility index (Phi) is 7.65. The van der Waals surface area contributed by atoms with Gasteiger partial charge in [-0.05, 0) is 69.1 Å². The van der Waals surface area contributed by atoms with Gasteiger partial charge in [0.25, 0.3) is 0 Å². The first kappa shape index (κ1) is 25.9. The summed E-state index contributed by atoms with van der Waals surface area (Å²) < 4.78 is 2.15. The van der Waals surface area contributed by atoms with Gasteiger partial charge in [-0.3, -0.25) is 10.7 Å². The van der Waals surface area contributed by atoms with Gasteiger partial charge in [0.1, 0.15) is 17.4 Å². The van der Waals surface area contributed by atoms with Crippen LogP contribution in [0.25, 0.3) is 11.2 Å². The Morgan fingerprint density at radius 1 is 1.03 bits per heavy atom. The van der Waals surface area contributed by atoms with Crippen molar-refractivity contribution in [2.75, 3.05) is 5.32 Å². The van der Waals surface area contributed by atoms with Crippen molar-refractivity contribution >= 4 is 28.9 Å². The van der Waals surface area contributed by atoms with E-state index < -0.39 is 12.2 Å². The van der Waals surface area contributed by atoms with E-state index in [1.54, 1.807) is 0 Å². The number of carbonyl (C=O) groups is 1. The Morgan fingerprint density at radius 2 is 1.70 bits per heavy atom. The van der Waals surface area contributed by atoms with E-state index in [9.17, 15) is 9.90 Å². The molecule has 2 atom stereocenters. The Morgan fingerprint density at radius 3 is 2.32 bits per heavy atom. The van der Waals surface area contributed by atoms with Crippen LogP contribution in [-0.4, -0.2) is 47.7 Å². The van der Waals surface area contributed by atoms with Crippen molar-refractivity contribution in [2.45, 2.75) is 103 Å². The average Bonchev–Trinajstić information content (AvgIpc) is 3.47. The zero-order chi connectivity index (χ0) is 26.1. The first-order valence-electron chi connectivity index (χ1n) is 14.1. The highest BCUT2D eigenvalue weighted by Gasteiger charge is 2.33. The summed E-state index contributed by atoms with van der Waals surface area (Å²) in [6.45, 7) is 5.22. The number of aliphatic hydroxyl groups excluding tert-OH is 1. The van der Waals surface area contributed by atoms with Crippen molar-refractivity contribution in [3.8, 4) is 0 Å². The molecule has 1 amide bonds. The lowest BCUT2D eigenvalue weighted by Crippen LogP contribution is -2.33. The number of aromatic nitrogens is 4. The van der Waals surface area contributed by atoms with Crippen molar-refractivity contribution < 1.29 is 15.0 Å². The summed E-state index contributed by atoms with van der Waals surface area (Å²) in [5.41, 5.74) is 1.16. The monoisotopic (exact) mass is 511 g/mol. The number of anilines is 1. The zero-order valence-corrected chi connectivity index (χ0v) is 22.0. The van der Waals surface area contributed by atoms with Crippen molar-refractivity contribution in [1.29, 1.82) is 5.41 Å². The number of aliphatic hydroxyl groups is 1. The summed E-state index contributed by atoms with van der Waals surface area (Å²) in [6.07, 6.45) is 10.5. The lowest BCUT2D eigenvalue weighted by atomic mass is 9.80. The summed E-state index contributed by atoms with van der Waals surface area (Å²) in [5, 5.41) is 34.5. The third-order valence-electron chi connectivity index (χ3n) is 9.00. The van der Waals surface area contributed by atoms with Crippen LogP contribution in [0, 0.1) is 29.1 Å². The molecular weight excluding hydrogens is 470 g/mol. The molecule has 0 saturated heterocycles. The highest BCUT2D eigenvalue weighted by atomic mass is 16.4. The first-order valence-corrected chi connectivity index (χ1v) is 14.1. The molecule has 0 aromatic carbocycles. The molecule has 0 aliphatic heterocycles. The molecular formula is C27H41N7O3. The van der Waals surface area contributed by atoms with Crippen molar-refractivity contribution in [1.82, 2.24) is 24.8 Å². The Bertz CT molecular complexity index is 1130. The molecule has 5 rings (SSSR count). The molecule has 0 radical (unpaired) electrons. The molecule has 2 heterocycles. The molecule has 3 fully saturated rings. The third-order valence-corrected chi connectivity index (χ3v) is 9.00. The van der Waals surface area contributed by atoms with Gasteiger partial charge in [0.15, 0.2) is 23.1 Å². The largest absolute Gasteiger partial charge is 0.465 e. The van der Waals surface area contributed by atoms with E-state index >= 15 is 0 Å². The summed E-state index contributed by atoms with van der Waals surface area (Å²) in [7, 11) is 0. The van der Waals surface area contributed by atoms with Crippen LogP contribution in [0.1, 0.15) is 102 Å². The zero-order valence-electron chi connectivity index (χ0n) is 22.0. The SMILES string of the molecule is C[C@@H](Nc1nc(C(=N)NC(=O)O)nc2nc(C(O)C3CCCC3)n(C[C@H]3CC[C@H](C)CC3)c12)C1CCC1. The molecule has 2 aromatic heterocycles. The van der Waals surface area contributed by atoms with E-state index in [2.05, 4.69) is 39.0 Å². The van der Waals surface area contributed by atoms with Crippen LogP contribution in [0.15, 0.2) is 0 Å².